The molecule has 0 aliphatic carbocycles. The average Bonchev–Trinajstić information content (AvgIpc) is 2.98. The van der Waals surface area contributed by atoms with Gasteiger partial charge in [-0.1, -0.05) is 25.1 Å². The Morgan fingerprint density at radius 2 is 1.67 bits per heavy atom. The molecule has 0 radical (unpaired) electrons. The monoisotopic (exact) mass is 595 g/mol. The highest BCUT2D eigenvalue weighted by Crippen LogP contribution is 2.34. The standard InChI is InChI=1S/C30H25F4N5O4/c1-4-16-7-6-8-17-13-35-14-24(26(16)17)39-29(40)37-28(36-27-23(34)10-19(42-3)11-25(27)43-5-2)38(30(39)41)15-18-9-21(32)22(33)12-20(18)31/h6-14H,4-5,15H2,1-3H3,(H,36,37,40). The Morgan fingerprint density at radius 1 is 0.907 bits per heavy atom. The lowest BCUT2D eigenvalue weighted by molar-refractivity contribution is 0.335. The first kappa shape index (κ1) is 29.3. The summed E-state index contributed by atoms with van der Waals surface area (Å²) in [5.74, 6) is -5.22. The van der Waals surface area contributed by atoms with Crippen LogP contribution in [0, 0.1) is 23.3 Å². The largest absolute Gasteiger partial charge is 0.497 e. The SMILES string of the molecule is CCOc1cc(OC)cc(F)c1Nc1nc(=O)n(-c2cncc3cccc(CC)c23)c(=O)n1Cc1cc(F)c(F)cc1F. The fourth-order valence-electron chi connectivity index (χ4n) is 4.73. The van der Waals surface area contributed by atoms with Crippen LogP contribution >= 0.6 is 0 Å². The number of fused-ring (bicyclic) bond motifs is 1. The molecule has 1 N–H and O–H groups in total. The zero-order valence-corrected chi connectivity index (χ0v) is 23.3. The number of rotatable bonds is 9. The van der Waals surface area contributed by atoms with Crippen molar-refractivity contribution in [2.75, 3.05) is 19.0 Å². The third-order valence-electron chi connectivity index (χ3n) is 6.76. The van der Waals surface area contributed by atoms with Gasteiger partial charge in [0.25, 0.3) is 0 Å². The van der Waals surface area contributed by atoms with Crippen molar-refractivity contribution < 1.29 is 27.0 Å². The molecule has 0 saturated carbocycles. The van der Waals surface area contributed by atoms with Gasteiger partial charge in [0.05, 0.1) is 32.1 Å². The number of methoxy groups -OCH3 is 1. The van der Waals surface area contributed by atoms with Gasteiger partial charge >= 0.3 is 11.4 Å². The smallest absolute Gasteiger partial charge is 0.359 e. The van der Waals surface area contributed by atoms with Crippen LogP contribution in [0.2, 0.25) is 0 Å². The van der Waals surface area contributed by atoms with Crippen LogP contribution in [-0.4, -0.2) is 32.8 Å². The summed E-state index contributed by atoms with van der Waals surface area (Å²) in [6, 6.07) is 8.74. The quantitative estimate of drug-likeness (QED) is 0.183. The molecule has 5 aromatic rings. The van der Waals surface area contributed by atoms with E-state index in [1.54, 1.807) is 19.2 Å². The van der Waals surface area contributed by atoms with Gasteiger partial charge < -0.3 is 14.8 Å². The van der Waals surface area contributed by atoms with E-state index in [1.807, 2.05) is 19.1 Å². The van der Waals surface area contributed by atoms with Gasteiger partial charge in [-0.25, -0.2) is 31.7 Å². The van der Waals surface area contributed by atoms with Crippen LogP contribution in [-0.2, 0) is 13.0 Å². The first-order chi connectivity index (χ1) is 20.7. The van der Waals surface area contributed by atoms with Crippen LogP contribution in [0.25, 0.3) is 16.5 Å². The number of hydrogen-bond acceptors (Lipinski definition) is 7. The zero-order valence-electron chi connectivity index (χ0n) is 23.3. The van der Waals surface area contributed by atoms with Crippen LogP contribution in [0.4, 0.5) is 29.2 Å². The van der Waals surface area contributed by atoms with Crippen LogP contribution in [0.3, 0.4) is 0 Å². The van der Waals surface area contributed by atoms with Crippen molar-refractivity contribution in [3.63, 3.8) is 0 Å². The molecule has 0 atom stereocenters. The van der Waals surface area contributed by atoms with Crippen LogP contribution < -0.4 is 26.2 Å². The Labute approximate surface area is 242 Å². The Hall–Kier alpha value is -5.20. The number of ether oxygens (including phenoxy) is 2. The second-order valence-corrected chi connectivity index (χ2v) is 9.35. The zero-order chi connectivity index (χ0) is 30.8. The molecule has 9 nitrogen and oxygen atoms in total. The molecular weight excluding hydrogens is 570 g/mol. The number of anilines is 2. The third kappa shape index (κ3) is 5.53. The van der Waals surface area contributed by atoms with Crippen molar-refractivity contribution in [3.05, 3.63) is 110 Å². The van der Waals surface area contributed by atoms with Crippen molar-refractivity contribution >= 4 is 22.4 Å². The topological polar surface area (TPSA) is 100 Å². The van der Waals surface area contributed by atoms with E-state index in [9.17, 15) is 22.8 Å². The average molecular weight is 596 g/mol. The third-order valence-corrected chi connectivity index (χ3v) is 6.76. The molecule has 13 heteroatoms. The Kier molecular flexibility index (Phi) is 8.15. The van der Waals surface area contributed by atoms with Crippen LogP contribution in [0.5, 0.6) is 11.5 Å². The van der Waals surface area contributed by atoms with Gasteiger partial charge in [-0.15, -0.1) is 0 Å². The summed E-state index contributed by atoms with van der Waals surface area (Å²) >= 11 is 0. The summed E-state index contributed by atoms with van der Waals surface area (Å²) in [4.78, 5) is 35.8. The molecule has 43 heavy (non-hydrogen) atoms. The van der Waals surface area contributed by atoms with Gasteiger partial charge in [-0.05, 0) is 25.0 Å². The molecule has 0 aliphatic heterocycles. The van der Waals surface area contributed by atoms with Gasteiger partial charge in [0.15, 0.2) is 17.5 Å². The molecule has 0 fully saturated rings. The van der Waals surface area contributed by atoms with Crippen molar-refractivity contribution in [1.82, 2.24) is 19.1 Å². The summed E-state index contributed by atoms with van der Waals surface area (Å²) in [5.41, 5.74) is -1.90. The molecule has 0 bridgehead atoms. The van der Waals surface area contributed by atoms with Crippen LogP contribution in [0.15, 0.2) is 64.4 Å². The fourth-order valence-corrected chi connectivity index (χ4v) is 4.73. The summed E-state index contributed by atoms with van der Waals surface area (Å²) in [6.45, 7) is 2.97. The molecule has 5 rings (SSSR count). The lowest BCUT2D eigenvalue weighted by Crippen LogP contribution is -2.42. The number of halogens is 4. The lowest BCUT2D eigenvalue weighted by atomic mass is 10.0. The number of aromatic nitrogens is 4. The van der Waals surface area contributed by atoms with E-state index in [4.69, 9.17) is 9.47 Å². The highest BCUT2D eigenvalue weighted by molar-refractivity contribution is 5.92. The van der Waals surface area contributed by atoms with Crippen molar-refractivity contribution in [3.8, 4) is 17.2 Å². The molecule has 222 valence electrons. The van der Waals surface area contributed by atoms with E-state index in [0.29, 0.717) is 29.3 Å². The number of hydrogen-bond donors (Lipinski definition) is 1. The van der Waals surface area contributed by atoms with Crippen molar-refractivity contribution in [1.29, 1.82) is 0 Å². The van der Waals surface area contributed by atoms with E-state index in [2.05, 4.69) is 15.3 Å². The number of nitrogens with one attached hydrogen (secondary N) is 1. The van der Waals surface area contributed by atoms with Crippen molar-refractivity contribution in [2.45, 2.75) is 26.8 Å². The normalized spacial score (nSPS) is 11.1. The van der Waals surface area contributed by atoms with E-state index < -0.39 is 52.7 Å². The lowest BCUT2D eigenvalue weighted by Gasteiger charge is -2.19. The highest BCUT2D eigenvalue weighted by Gasteiger charge is 2.22. The minimum Gasteiger partial charge on any atom is -0.497 e. The molecule has 0 saturated heterocycles. The van der Waals surface area contributed by atoms with Crippen molar-refractivity contribution in [2.24, 2.45) is 0 Å². The first-order valence-corrected chi connectivity index (χ1v) is 13.2. The second kappa shape index (κ2) is 12.0. The van der Waals surface area contributed by atoms with E-state index >= 15 is 4.39 Å². The minimum atomic E-state index is -1.43. The molecule has 0 aliphatic rings. The fraction of sp³-hybridized carbons (Fsp3) is 0.200. The Balaban J connectivity index is 1.78. The number of nitrogens with zero attached hydrogens (tertiary/aromatic N) is 4. The maximum absolute atomic E-state index is 15.2. The van der Waals surface area contributed by atoms with Gasteiger partial charge in [-0.3, -0.25) is 9.55 Å². The summed E-state index contributed by atoms with van der Waals surface area (Å²) < 4.78 is 70.0. The van der Waals surface area contributed by atoms with Gasteiger partial charge in [0.1, 0.15) is 23.0 Å². The van der Waals surface area contributed by atoms with Gasteiger partial charge in [0.2, 0.25) is 5.95 Å². The Bertz CT molecular complexity index is 1970. The van der Waals surface area contributed by atoms with Gasteiger partial charge in [-0.2, -0.15) is 4.98 Å². The number of aryl methyl sites for hydroxylation is 1. The maximum atomic E-state index is 15.2. The second-order valence-electron chi connectivity index (χ2n) is 9.35. The summed E-state index contributed by atoms with van der Waals surface area (Å²) in [5, 5.41) is 3.81. The Morgan fingerprint density at radius 3 is 2.40 bits per heavy atom. The summed E-state index contributed by atoms with van der Waals surface area (Å²) in [6.07, 6.45) is 3.45. The number of benzene rings is 3. The molecule has 0 spiro atoms. The summed E-state index contributed by atoms with van der Waals surface area (Å²) in [7, 11) is 1.33. The molecule has 3 aromatic carbocycles. The predicted molar refractivity (Wildman–Crippen MR) is 152 cm³/mol. The molecule has 0 amide bonds. The molecule has 2 heterocycles. The van der Waals surface area contributed by atoms with Gasteiger partial charge in [0, 0.05) is 40.7 Å². The molecule has 0 unspecified atom stereocenters. The van der Waals surface area contributed by atoms with E-state index in [-0.39, 0.29) is 29.5 Å². The van der Waals surface area contributed by atoms with Crippen LogP contribution in [0.1, 0.15) is 25.0 Å². The minimum absolute atomic E-state index is 0.0332. The first-order valence-electron chi connectivity index (χ1n) is 13.2. The van der Waals surface area contributed by atoms with E-state index in [1.165, 1.54) is 19.4 Å². The number of pyridine rings is 1. The molecule has 2 aromatic heterocycles. The maximum Gasteiger partial charge on any atom is 0.359 e. The molecular formula is C30H25F4N5O4. The van der Waals surface area contributed by atoms with E-state index in [0.717, 1.165) is 20.8 Å². The predicted octanol–water partition coefficient (Wildman–Crippen LogP) is 5.26. The highest BCUT2D eigenvalue weighted by atomic mass is 19.2.